The topological polar surface area (TPSA) is 53.2 Å². The molecule has 4 nitrogen and oxygen atoms in total. The number of hydrogen-bond donors (Lipinski definition) is 3. The number of nitrogens with one attached hydrogen (secondary N) is 3. The molecule has 6 aromatic carbocycles. The third-order valence-electron chi connectivity index (χ3n) is 10.5. The minimum atomic E-state index is -0.620. The van der Waals surface area contributed by atoms with Crippen molar-refractivity contribution in [2.45, 2.75) is 61.8 Å². The molecule has 0 aliphatic heterocycles. The van der Waals surface area contributed by atoms with Gasteiger partial charge in [-0.25, -0.2) is 0 Å². The number of carbonyl (C=O) groups excluding carboxylic acids is 1. The number of benzene rings is 6. The molecule has 0 spiro atoms. The van der Waals surface area contributed by atoms with Crippen LogP contribution in [0, 0.1) is 0 Å². The molecule has 4 heteroatoms. The van der Waals surface area contributed by atoms with E-state index in [1.807, 2.05) is 6.92 Å². The molecule has 0 aromatic heterocycles. The van der Waals surface area contributed by atoms with Gasteiger partial charge in [0.1, 0.15) is 0 Å². The zero-order valence-electron chi connectivity index (χ0n) is 29.3. The average Bonchev–Trinajstić information content (AvgIpc) is 3.21. The molecule has 3 N–H and O–H groups in total. The molecule has 1 unspecified atom stereocenters. The van der Waals surface area contributed by atoms with Crippen molar-refractivity contribution in [3.05, 3.63) is 215 Å². The van der Waals surface area contributed by atoms with E-state index in [1.54, 1.807) is 0 Å². The lowest BCUT2D eigenvalue weighted by Crippen LogP contribution is -2.59. The van der Waals surface area contributed by atoms with Crippen LogP contribution in [0.5, 0.6) is 0 Å². The zero-order chi connectivity index (χ0) is 34.9. The molecule has 1 aliphatic carbocycles. The van der Waals surface area contributed by atoms with Crippen molar-refractivity contribution in [2.75, 3.05) is 0 Å². The summed E-state index contributed by atoms with van der Waals surface area (Å²) < 4.78 is 0. The largest absolute Gasteiger partial charge is 0.353 e. The van der Waals surface area contributed by atoms with Crippen molar-refractivity contribution in [1.82, 2.24) is 16.0 Å². The van der Waals surface area contributed by atoms with Crippen molar-refractivity contribution < 1.29 is 4.79 Å². The summed E-state index contributed by atoms with van der Waals surface area (Å²) in [4.78, 5) is 13.0. The van der Waals surface area contributed by atoms with Crippen molar-refractivity contribution in [3.8, 4) is 0 Å². The maximum atomic E-state index is 13.0. The lowest BCUT2D eigenvalue weighted by atomic mass is 9.73. The van der Waals surface area contributed by atoms with Crippen LogP contribution in [0.4, 0.5) is 0 Å². The molecule has 256 valence electrons. The van der Waals surface area contributed by atoms with E-state index in [0.29, 0.717) is 6.42 Å². The van der Waals surface area contributed by atoms with Crippen LogP contribution in [-0.2, 0) is 15.9 Å². The van der Waals surface area contributed by atoms with E-state index in [-0.39, 0.29) is 24.0 Å². The highest BCUT2D eigenvalue weighted by atomic mass is 16.1. The van der Waals surface area contributed by atoms with Gasteiger partial charge in [0.2, 0.25) is 5.91 Å². The number of carbonyl (C=O) groups is 1. The summed E-state index contributed by atoms with van der Waals surface area (Å²) in [6.07, 6.45) is 2.94. The van der Waals surface area contributed by atoms with Crippen LogP contribution in [0.3, 0.4) is 0 Å². The molecular weight excluding hydrogens is 623 g/mol. The molecule has 1 saturated carbocycles. The van der Waals surface area contributed by atoms with Crippen molar-refractivity contribution in [3.63, 3.8) is 0 Å². The molecule has 1 fully saturated rings. The van der Waals surface area contributed by atoms with Gasteiger partial charge in [0.25, 0.3) is 0 Å². The summed E-state index contributed by atoms with van der Waals surface area (Å²) in [7, 11) is 0. The second-order valence-corrected chi connectivity index (χ2v) is 13.7. The van der Waals surface area contributed by atoms with E-state index in [2.05, 4.69) is 198 Å². The molecule has 3 atom stereocenters. The molecule has 7 rings (SSSR count). The van der Waals surface area contributed by atoms with Gasteiger partial charge < -0.3 is 5.32 Å². The maximum absolute atomic E-state index is 13.0. The van der Waals surface area contributed by atoms with Gasteiger partial charge in [-0.05, 0) is 52.6 Å². The molecule has 51 heavy (non-hydrogen) atoms. The Hall–Kier alpha value is -5.29. The van der Waals surface area contributed by atoms with Gasteiger partial charge in [-0.15, -0.1) is 0 Å². The molecular formula is C47H47N3O. The van der Waals surface area contributed by atoms with Crippen molar-refractivity contribution >= 4 is 5.91 Å². The Morgan fingerprint density at radius 1 is 0.431 bits per heavy atom. The first-order valence-electron chi connectivity index (χ1n) is 18.3. The number of amides is 1. The fraction of sp³-hybridized carbons (Fsp3) is 0.213. The fourth-order valence-corrected chi connectivity index (χ4v) is 8.24. The van der Waals surface area contributed by atoms with Crippen LogP contribution in [0.15, 0.2) is 182 Å². The van der Waals surface area contributed by atoms with Crippen LogP contribution in [0.25, 0.3) is 0 Å². The van der Waals surface area contributed by atoms with E-state index in [9.17, 15) is 4.79 Å². The van der Waals surface area contributed by atoms with Gasteiger partial charge in [-0.1, -0.05) is 189 Å². The van der Waals surface area contributed by atoms with E-state index in [0.717, 1.165) is 19.3 Å². The van der Waals surface area contributed by atoms with Crippen LogP contribution in [-0.4, -0.2) is 24.0 Å². The summed E-state index contributed by atoms with van der Waals surface area (Å²) in [6, 6.07) is 64.8. The predicted molar refractivity (Wildman–Crippen MR) is 208 cm³/mol. The SMILES string of the molecule is CCC(=O)NC1C[C@@H](NC(c2ccccc2)(c2ccccc2)c2ccccc2)C[C@@H](NC(c2ccccc2)(c2ccccc2)c2ccccc2)C1. The van der Waals surface area contributed by atoms with E-state index in [4.69, 9.17) is 0 Å². The molecule has 1 amide bonds. The van der Waals surface area contributed by atoms with Crippen LogP contribution in [0.2, 0.25) is 0 Å². The van der Waals surface area contributed by atoms with Gasteiger partial charge in [0.05, 0.1) is 11.1 Å². The Bertz CT molecular complexity index is 1620. The Kier molecular flexibility index (Phi) is 10.5. The lowest BCUT2D eigenvalue weighted by molar-refractivity contribution is -0.121. The first-order valence-corrected chi connectivity index (χ1v) is 18.3. The standard InChI is InChI=1S/C47H47N3O/c1-2-45(51)48-42-33-43(49-46(36-21-9-3-10-22-36,37-23-11-4-12-24-37)38-25-13-5-14-26-38)35-44(34-42)50-47(39-27-15-6-16-28-39,40-29-17-7-18-30-40)41-31-19-8-20-32-41/h3-32,42-44,49-50H,2,33-35H2,1H3,(H,48,51)/t42?,43-,44+. The van der Waals surface area contributed by atoms with E-state index >= 15 is 0 Å². The third-order valence-corrected chi connectivity index (χ3v) is 10.5. The van der Waals surface area contributed by atoms with Crippen LogP contribution in [0.1, 0.15) is 66.0 Å². The first-order chi connectivity index (χ1) is 25.1. The zero-order valence-corrected chi connectivity index (χ0v) is 29.3. The van der Waals surface area contributed by atoms with E-state index < -0.39 is 11.1 Å². The summed E-state index contributed by atoms with van der Waals surface area (Å²) in [5, 5.41) is 12.0. The summed E-state index contributed by atoms with van der Waals surface area (Å²) in [5.41, 5.74) is 5.84. The second kappa shape index (κ2) is 15.7. The number of rotatable bonds is 12. The Labute approximate surface area is 303 Å². The summed E-state index contributed by atoms with van der Waals surface area (Å²) in [6.45, 7) is 1.93. The van der Waals surface area contributed by atoms with Crippen LogP contribution >= 0.6 is 0 Å². The van der Waals surface area contributed by atoms with Gasteiger partial charge in [0.15, 0.2) is 0 Å². The highest BCUT2D eigenvalue weighted by Gasteiger charge is 2.44. The first kappa shape index (κ1) is 34.2. The second-order valence-electron chi connectivity index (χ2n) is 13.7. The Morgan fingerprint density at radius 3 is 0.902 bits per heavy atom. The highest BCUT2D eigenvalue weighted by molar-refractivity contribution is 5.75. The molecule has 0 bridgehead atoms. The maximum Gasteiger partial charge on any atom is 0.219 e. The third kappa shape index (κ3) is 7.16. The smallest absolute Gasteiger partial charge is 0.219 e. The molecule has 0 radical (unpaired) electrons. The fourth-order valence-electron chi connectivity index (χ4n) is 8.24. The van der Waals surface area contributed by atoms with Crippen LogP contribution < -0.4 is 16.0 Å². The minimum Gasteiger partial charge on any atom is -0.353 e. The van der Waals surface area contributed by atoms with Gasteiger partial charge in [-0.3, -0.25) is 15.4 Å². The van der Waals surface area contributed by atoms with Gasteiger partial charge in [0, 0.05) is 24.5 Å². The Balaban J connectivity index is 1.35. The summed E-state index contributed by atoms with van der Waals surface area (Å²) >= 11 is 0. The van der Waals surface area contributed by atoms with Gasteiger partial charge in [-0.2, -0.15) is 0 Å². The minimum absolute atomic E-state index is 0.0127. The Morgan fingerprint density at radius 2 is 0.667 bits per heavy atom. The molecule has 0 saturated heterocycles. The monoisotopic (exact) mass is 669 g/mol. The predicted octanol–water partition coefficient (Wildman–Crippen LogP) is 8.97. The normalized spacial score (nSPS) is 17.8. The quantitative estimate of drug-likeness (QED) is 0.114. The van der Waals surface area contributed by atoms with Crippen molar-refractivity contribution in [1.29, 1.82) is 0 Å². The average molecular weight is 670 g/mol. The van der Waals surface area contributed by atoms with Gasteiger partial charge >= 0.3 is 0 Å². The van der Waals surface area contributed by atoms with E-state index in [1.165, 1.54) is 33.4 Å². The highest BCUT2D eigenvalue weighted by Crippen LogP contribution is 2.41. The number of hydrogen-bond acceptors (Lipinski definition) is 3. The molecule has 1 aliphatic rings. The molecule has 6 aromatic rings. The summed E-state index contributed by atoms with van der Waals surface area (Å²) in [5.74, 6) is 0.0836. The van der Waals surface area contributed by atoms with Crippen molar-refractivity contribution in [2.24, 2.45) is 0 Å². The lowest BCUT2D eigenvalue weighted by Gasteiger charge is -2.47. The molecule has 0 heterocycles.